The van der Waals surface area contributed by atoms with Crippen LogP contribution in [0.25, 0.3) is 0 Å². The highest BCUT2D eigenvalue weighted by Crippen LogP contribution is 2.36. The molecule has 0 aliphatic rings. The van der Waals surface area contributed by atoms with Gasteiger partial charge in [0, 0.05) is 12.1 Å². The molecule has 26 heavy (non-hydrogen) atoms. The van der Waals surface area contributed by atoms with E-state index < -0.39 is 0 Å². The van der Waals surface area contributed by atoms with Crippen LogP contribution < -0.4 is 14.8 Å². The maximum atomic E-state index is 12.4. The molecule has 5 nitrogen and oxygen atoms in total. The SMILES string of the molecule is CCCOc1c(Cl)cc(C(=O)NCCc2cccc(O)c2)cc1OCC. The van der Waals surface area contributed by atoms with Crippen LogP contribution in [0.15, 0.2) is 36.4 Å². The molecule has 2 aromatic carbocycles. The van der Waals surface area contributed by atoms with Crippen LogP contribution in [0.1, 0.15) is 36.2 Å². The second-order valence-corrected chi connectivity index (χ2v) is 6.15. The monoisotopic (exact) mass is 377 g/mol. The summed E-state index contributed by atoms with van der Waals surface area (Å²) in [5.41, 5.74) is 1.36. The lowest BCUT2D eigenvalue weighted by Crippen LogP contribution is -2.25. The molecule has 0 bridgehead atoms. The highest BCUT2D eigenvalue weighted by Gasteiger charge is 2.16. The number of benzene rings is 2. The molecule has 2 N–H and O–H groups in total. The fraction of sp³-hybridized carbons (Fsp3) is 0.350. The van der Waals surface area contributed by atoms with Crippen molar-refractivity contribution in [3.8, 4) is 17.2 Å². The Balaban J connectivity index is 2.05. The van der Waals surface area contributed by atoms with Gasteiger partial charge in [-0.2, -0.15) is 0 Å². The van der Waals surface area contributed by atoms with Gasteiger partial charge < -0.3 is 19.9 Å². The first kappa shape index (κ1) is 19.9. The molecule has 140 valence electrons. The number of phenols is 1. The normalized spacial score (nSPS) is 10.4. The van der Waals surface area contributed by atoms with E-state index in [1.807, 2.05) is 19.9 Å². The van der Waals surface area contributed by atoms with Gasteiger partial charge in [-0.15, -0.1) is 0 Å². The van der Waals surface area contributed by atoms with Crippen LogP contribution >= 0.6 is 11.6 Å². The van der Waals surface area contributed by atoms with Crippen molar-refractivity contribution in [1.82, 2.24) is 5.32 Å². The number of carbonyl (C=O) groups is 1. The summed E-state index contributed by atoms with van der Waals surface area (Å²) in [6, 6.07) is 10.2. The van der Waals surface area contributed by atoms with Gasteiger partial charge in [0.25, 0.3) is 5.91 Å². The summed E-state index contributed by atoms with van der Waals surface area (Å²) in [6.45, 7) is 5.27. The number of hydrogen-bond donors (Lipinski definition) is 2. The minimum Gasteiger partial charge on any atom is -0.508 e. The molecule has 2 aromatic rings. The quantitative estimate of drug-likeness (QED) is 0.687. The summed E-state index contributed by atoms with van der Waals surface area (Å²) in [4.78, 5) is 12.4. The molecular formula is C20H24ClNO4. The Morgan fingerprint density at radius 3 is 2.69 bits per heavy atom. The third-order valence-corrected chi connectivity index (χ3v) is 3.91. The van der Waals surface area contributed by atoms with E-state index >= 15 is 0 Å². The lowest BCUT2D eigenvalue weighted by atomic mass is 10.1. The maximum absolute atomic E-state index is 12.4. The number of rotatable bonds is 9. The third kappa shape index (κ3) is 5.56. The van der Waals surface area contributed by atoms with Gasteiger partial charge in [-0.25, -0.2) is 0 Å². The van der Waals surface area contributed by atoms with Gasteiger partial charge >= 0.3 is 0 Å². The van der Waals surface area contributed by atoms with Crippen molar-refractivity contribution < 1.29 is 19.4 Å². The predicted octanol–water partition coefficient (Wildman–Crippen LogP) is 4.21. The van der Waals surface area contributed by atoms with Crippen LogP contribution in [-0.4, -0.2) is 30.8 Å². The van der Waals surface area contributed by atoms with E-state index in [1.54, 1.807) is 30.3 Å². The summed E-state index contributed by atoms with van der Waals surface area (Å²) in [6.07, 6.45) is 1.46. The number of amides is 1. The largest absolute Gasteiger partial charge is 0.508 e. The van der Waals surface area contributed by atoms with Crippen LogP contribution in [0.5, 0.6) is 17.2 Å². The second-order valence-electron chi connectivity index (χ2n) is 5.74. The minimum absolute atomic E-state index is 0.213. The molecule has 0 saturated heterocycles. The zero-order valence-electron chi connectivity index (χ0n) is 15.0. The van der Waals surface area contributed by atoms with Gasteiger partial charge in [-0.1, -0.05) is 30.7 Å². The topological polar surface area (TPSA) is 67.8 Å². The van der Waals surface area contributed by atoms with Crippen LogP contribution in [0.3, 0.4) is 0 Å². The fourth-order valence-electron chi connectivity index (χ4n) is 2.44. The Morgan fingerprint density at radius 1 is 1.19 bits per heavy atom. The fourth-order valence-corrected chi connectivity index (χ4v) is 2.71. The molecule has 0 aliphatic heterocycles. The van der Waals surface area contributed by atoms with Crippen LogP contribution in [0.2, 0.25) is 5.02 Å². The molecule has 0 spiro atoms. The Hall–Kier alpha value is -2.40. The van der Waals surface area contributed by atoms with Gasteiger partial charge in [0.15, 0.2) is 11.5 Å². The minimum atomic E-state index is -0.241. The van der Waals surface area contributed by atoms with E-state index in [0.29, 0.717) is 48.3 Å². The molecule has 0 unspecified atom stereocenters. The molecule has 0 saturated carbocycles. The first-order valence-corrected chi connectivity index (χ1v) is 9.08. The van der Waals surface area contributed by atoms with Gasteiger partial charge in [0.2, 0.25) is 0 Å². The molecule has 0 radical (unpaired) electrons. The molecule has 6 heteroatoms. The third-order valence-electron chi connectivity index (χ3n) is 3.63. The molecule has 0 heterocycles. The number of aromatic hydroxyl groups is 1. The molecular weight excluding hydrogens is 354 g/mol. The number of ether oxygens (including phenoxy) is 2. The predicted molar refractivity (Wildman–Crippen MR) is 103 cm³/mol. The van der Waals surface area contributed by atoms with E-state index in [9.17, 15) is 9.90 Å². The van der Waals surface area contributed by atoms with Crippen LogP contribution in [0, 0.1) is 0 Å². The van der Waals surface area contributed by atoms with Crippen molar-refractivity contribution in [3.63, 3.8) is 0 Å². The van der Waals surface area contributed by atoms with Gasteiger partial charge in [0.1, 0.15) is 5.75 Å². The lowest BCUT2D eigenvalue weighted by Gasteiger charge is -2.15. The van der Waals surface area contributed by atoms with Crippen LogP contribution in [-0.2, 0) is 6.42 Å². The Kier molecular flexibility index (Phi) is 7.60. The van der Waals surface area contributed by atoms with Crippen molar-refractivity contribution in [2.75, 3.05) is 19.8 Å². The van der Waals surface area contributed by atoms with Gasteiger partial charge in [-0.3, -0.25) is 4.79 Å². The van der Waals surface area contributed by atoms with Crippen LogP contribution in [0.4, 0.5) is 0 Å². The summed E-state index contributed by atoms with van der Waals surface area (Å²) in [7, 11) is 0. The Labute approximate surface area is 158 Å². The van der Waals surface area contributed by atoms with Crippen molar-refractivity contribution >= 4 is 17.5 Å². The van der Waals surface area contributed by atoms with Crippen molar-refractivity contribution in [1.29, 1.82) is 0 Å². The first-order valence-electron chi connectivity index (χ1n) is 8.70. The van der Waals surface area contributed by atoms with E-state index in [2.05, 4.69) is 5.32 Å². The summed E-state index contributed by atoms with van der Waals surface area (Å²) in [5, 5.41) is 12.7. The average molecular weight is 378 g/mol. The Bertz CT molecular complexity index is 749. The number of nitrogens with one attached hydrogen (secondary N) is 1. The molecule has 2 rings (SSSR count). The first-order chi connectivity index (χ1) is 12.5. The molecule has 0 aromatic heterocycles. The zero-order chi connectivity index (χ0) is 18.9. The standard InChI is InChI=1S/C20H24ClNO4/c1-3-10-26-19-17(21)12-15(13-18(19)25-4-2)20(24)22-9-8-14-6-5-7-16(23)11-14/h5-7,11-13,23H,3-4,8-10H2,1-2H3,(H,22,24). The lowest BCUT2D eigenvalue weighted by molar-refractivity contribution is 0.0953. The van der Waals surface area contributed by atoms with E-state index in [1.165, 1.54) is 0 Å². The van der Waals surface area contributed by atoms with Gasteiger partial charge in [0.05, 0.1) is 18.2 Å². The molecule has 0 aliphatic carbocycles. The number of hydrogen-bond acceptors (Lipinski definition) is 4. The molecule has 0 atom stereocenters. The molecule has 0 fully saturated rings. The van der Waals surface area contributed by atoms with Crippen molar-refractivity contribution in [3.05, 3.63) is 52.5 Å². The number of carbonyl (C=O) groups excluding carboxylic acids is 1. The number of halogens is 1. The molecule has 1 amide bonds. The summed E-state index contributed by atoms with van der Waals surface area (Å²) >= 11 is 6.28. The maximum Gasteiger partial charge on any atom is 0.251 e. The van der Waals surface area contributed by atoms with E-state index in [0.717, 1.165) is 12.0 Å². The zero-order valence-corrected chi connectivity index (χ0v) is 15.8. The second kappa shape index (κ2) is 9.92. The average Bonchev–Trinajstić information content (AvgIpc) is 2.61. The number of phenolic OH excluding ortho intramolecular Hbond substituents is 1. The van der Waals surface area contributed by atoms with Crippen molar-refractivity contribution in [2.45, 2.75) is 26.7 Å². The van der Waals surface area contributed by atoms with Gasteiger partial charge in [-0.05, 0) is 49.6 Å². The smallest absolute Gasteiger partial charge is 0.251 e. The van der Waals surface area contributed by atoms with E-state index in [-0.39, 0.29) is 11.7 Å². The summed E-state index contributed by atoms with van der Waals surface area (Å²) in [5.74, 6) is 0.901. The highest BCUT2D eigenvalue weighted by molar-refractivity contribution is 6.32. The summed E-state index contributed by atoms with van der Waals surface area (Å²) < 4.78 is 11.2. The highest BCUT2D eigenvalue weighted by atomic mass is 35.5. The van der Waals surface area contributed by atoms with Crippen molar-refractivity contribution in [2.24, 2.45) is 0 Å². The Morgan fingerprint density at radius 2 is 2.00 bits per heavy atom. The van der Waals surface area contributed by atoms with E-state index in [4.69, 9.17) is 21.1 Å².